The van der Waals surface area contributed by atoms with Gasteiger partial charge in [0.25, 0.3) is 0 Å². The number of nitrogens with zero attached hydrogens (tertiary/aromatic N) is 2. The molecule has 19 heavy (non-hydrogen) atoms. The Hall–Kier alpha value is -1.36. The lowest BCUT2D eigenvalue weighted by molar-refractivity contribution is -0.124. The summed E-state index contributed by atoms with van der Waals surface area (Å²) in [5.41, 5.74) is 0. The summed E-state index contributed by atoms with van der Waals surface area (Å²) in [6, 6.07) is 0.154. The van der Waals surface area contributed by atoms with Crippen LogP contribution in [0.2, 0.25) is 0 Å². The zero-order valence-electron chi connectivity index (χ0n) is 11.4. The van der Waals surface area contributed by atoms with Crippen LogP contribution in [0.4, 0.5) is 0 Å². The molecule has 4 unspecified atom stereocenters. The molecule has 2 aliphatic rings. The van der Waals surface area contributed by atoms with Gasteiger partial charge in [-0.25, -0.2) is 4.98 Å². The van der Waals surface area contributed by atoms with Crippen molar-refractivity contribution >= 4 is 5.91 Å². The van der Waals surface area contributed by atoms with E-state index in [1.54, 1.807) is 12.5 Å². The highest BCUT2D eigenvalue weighted by molar-refractivity contribution is 5.82. The van der Waals surface area contributed by atoms with Gasteiger partial charge in [0.2, 0.25) is 5.91 Å². The van der Waals surface area contributed by atoms with Crippen LogP contribution in [0.1, 0.15) is 26.2 Å². The first kappa shape index (κ1) is 12.7. The summed E-state index contributed by atoms with van der Waals surface area (Å²) in [5.74, 6) is 1.45. The predicted octanol–water partition coefficient (Wildman–Crippen LogP) is 0.776. The molecular weight excluding hydrogens is 240 g/mol. The van der Waals surface area contributed by atoms with Crippen LogP contribution in [0.15, 0.2) is 18.7 Å². The third kappa shape index (κ3) is 2.66. The van der Waals surface area contributed by atoms with E-state index in [4.69, 9.17) is 0 Å². The van der Waals surface area contributed by atoms with E-state index in [1.807, 2.05) is 17.7 Å². The summed E-state index contributed by atoms with van der Waals surface area (Å²) in [4.78, 5) is 16.3. The fourth-order valence-electron chi connectivity index (χ4n) is 3.56. The monoisotopic (exact) mass is 262 g/mol. The molecule has 2 fully saturated rings. The summed E-state index contributed by atoms with van der Waals surface area (Å²) in [6.07, 6.45) is 9.23. The Bertz CT molecular complexity index is 431. The number of rotatable bonds is 4. The summed E-state index contributed by atoms with van der Waals surface area (Å²) in [5, 5.41) is 6.51. The average Bonchev–Trinajstić information content (AvgIpc) is 3.03. The standard InChI is InChI=1S/C14H22N4O/c1-10(8-18-6-5-15-9-18)17-14(19)13-12-4-2-3-11(12)7-16-13/h5-6,9-13,16H,2-4,7-8H2,1H3,(H,17,19). The topological polar surface area (TPSA) is 59.0 Å². The third-order valence-corrected chi connectivity index (χ3v) is 4.46. The molecule has 5 heteroatoms. The lowest BCUT2D eigenvalue weighted by atomic mass is 9.93. The van der Waals surface area contributed by atoms with Gasteiger partial charge < -0.3 is 15.2 Å². The molecule has 2 N–H and O–H groups in total. The van der Waals surface area contributed by atoms with E-state index in [2.05, 4.69) is 15.6 Å². The number of carbonyl (C=O) groups is 1. The molecule has 0 spiro atoms. The average molecular weight is 262 g/mol. The highest BCUT2D eigenvalue weighted by Crippen LogP contribution is 2.37. The van der Waals surface area contributed by atoms with Crippen molar-refractivity contribution in [3.63, 3.8) is 0 Å². The molecule has 1 saturated carbocycles. The molecule has 1 aromatic rings. The first-order chi connectivity index (χ1) is 9.24. The number of hydrogen-bond acceptors (Lipinski definition) is 3. The molecule has 3 rings (SSSR count). The molecular formula is C14H22N4O. The number of imidazole rings is 1. The van der Waals surface area contributed by atoms with Crippen molar-refractivity contribution in [1.29, 1.82) is 0 Å². The van der Waals surface area contributed by atoms with Crippen molar-refractivity contribution in [3.8, 4) is 0 Å². The van der Waals surface area contributed by atoms with Crippen LogP contribution in [-0.4, -0.2) is 34.1 Å². The van der Waals surface area contributed by atoms with Gasteiger partial charge in [-0.3, -0.25) is 4.79 Å². The second-order valence-electron chi connectivity index (χ2n) is 5.91. The zero-order valence-corrected chi connectivity index (χ0v) is 11.4. The fourth-order valence-corrected chi connectivity index (χ4v) is 3.56. The van der Waals surface area contributed by atoms with Crippen LogP contribution in [-0.2, 0) is 11.3 Å². The van der Waals surface area contributed by atoms with Crippen molar-refractivity contribution < 1.29 is 4.79 Å². The minimum atomic E-state index is 0.0257. The van der Waals surface area contributed by atoms with Gasteiger partial charge in [0.15, 0.2) is 0 Å². The molecule has 1 aromatic heterocycles. The largest absolute Gasteiger partial charge is 0.350 e. The van der Waals surface area contributed by atoms with E-state index in [0.29, 0.717) is 5.92 Å². The number of fused-ring (bicyclic) bond motifs is 1. The molecule has 1 aliphatic heterocycles. The van der Waals surface area contributed by atoms with Gasteiger partial charge in [0.1, 0.15) is 0 Å². The Labute approximate surface area is 113 Å². The van der Waals surface area contributed by atoms with Gasteiger partial charge >= 0.3 is 0 Å². The normalized spacial score (nSPS) is 31.1. The van der Waals surface area contributed by atoms with Crippen molar-refractivity contribution in [3.05, 3.63) is 18.7 Å². The number of nitrogens with one attached hydrogen (secondary N) is 2. The fraction of sp³-hybridized carbons (Fsp3) is 0.714. The molecule has 1 aliphatic carbocycles. The second-order valence-corrected chi connectivity index (χ2v) is 5.91. The summed E-state index contributed by atoms with van der Waals surface area (Å²) in [6.45, 7) is 3.82. The molecule has 0 radical (unpaired) electrons. The first-order valence-electron chi connectivity index (χ1n) is 7.23. The Morgan fingerprint density at radius 1 is 1.58 bits per heavy atom. The Kier molecular flexibility index (Phi) is 3.55. The predicted molar refractivity (Wildman–Crippen MR) is 72.5 cm³/mol. The van der Waals surface area contributed by atoms with Gasteiger partial charge in [-0.05, 0) is 38.1 Å². The summed E-state index contributed by atoms with van der Waals surface area (Å²) < 4.78 is 1.99. The molecule has 0 bridgehead atoms. The van der Waals surface area contributed by atoms with Gasteiger partial charge in [0, 0.05) is 25.0 Å². The van der Waals surface area contributed by atoms with Gasteiger partial charge in [0.05, 0.1) is 12.4 Å². The number of amides is 1. The lowest BCUT2D eigenvalue weighted by Crippen LogP contribution is -2.47. The molecule has 1 amide bonds. The van der Waals surface area contributed by atoms with Gasteiger partial charge in [-0.1, -0.05) is 6.42 Å². The van der Waals surface area contributed by atoms with E-state index >= 15 is 0 Å². The molecule has 1 saturated heterocycles. The van der Waals surface area contributed by atoms with E-state index in [9.17, 15) is 4.79 Å². The maximum atomic E-state index is 12.3. The van der Waals surface area contributed by atoms with E-state index in [0.717, 1.165) is 19.0 Å². The number of carbonyl (C=O) groups excluding carboxylic acids is 1. The van der Waals surface area contributed by atoms with Gasteiger partial charge in [-0.15, -0.1) is 0 Å². The molecule has 5 nitrogen and oxygen atoms in total. The van der Waals surface area contributed by atoms with E-state index in [-0.39, 0.29) is 18.0 Å². The van der Waals surface area contributed by atoms with Crippen LogP contribution in [0, 0.1) is 11.8 Å². The molecule has 4 atom stereocenters. The zero-order chi connectivity index (χ0) is 13.2. The molecule has 2 heterocycles. The molecule has 104 valence electrons. The van der Waals surface area contributed by atoms with E-state index in [1.165, 1.54) is 19.3 Å². The Morgan fingerprint density at radius 3 is 3.26 bits per heavy atom. The quantitative estimate of drug-likeness (QED) is 0.843. The van der Waals surface area contributed by atoms with Crippen molar-refractivity contribution in [2.24, 2.45) is 11.8 Å². The van der Waals surface area contributed by atoms with Crippen LogP contribution in [0.3, 0.4) is 0 Å². The lowest BCUT2D eigenvalue weighted by Gasteiger charge is -2.21. The number of aromatic nitrogens is 2. The maximum Gasteiger partial charge on any atom is 0.237 e. The highest BCUT2D eigenvalue weighted by Gasteiger charge is 2.42. The third-order valence-electron chi connectivity index (χ3n) is 4.46. The highest BCUT2D eigenvalue weighted by atomic mass is 16.2. The second kappa shape index (κ2) is 5.33. The number of hydrogen-bond donors (Lipinski definition) is 2. The van der Waals surface area contributed by atoms with E-state index < -0.39 is 0 Å². The first-order valence-corrected chi connectivity index (χ1v) is 7.23. The minimum Gasteiger partial charge on any atom is -0.350 e. The van der Waals surface area contributed by atoms with Crippen LogP contribution in [0.25, 0.3) is 0 Å². The maximum absolute atomic E-state index is 12.3. The van der Waals surface area contributed by atoms with Crippen LogP contribution in [0.5, 0.6) is 0 Å². The van der Waals surface area contributed by atoms with Crippen molar-refractivity contribution in [2.45, 2.75) is 44.8 Å². The summed E-state index contributed by atoms with van der Waals surface area (Å²) in [7, 11) is 0. The molecule has 0 aromatic carbocycles. The van der Waals surface area contributed by atoms with Gasteiger partial charge in [-0.2, -0.15) is 0 Å². The van der Waals surface area contributed by atoms with Crippen molar-refractivity contribution in [2.75, 3.05) is 6.54 Å². The Balaban J connectivity index is 1.53. The smallest absolute Gasteiger partial charge is 0.237 e. The van der Waals surface area contributed by atoms with Crippen molar-refractivity contribution in [1.82, 2.24) is 20.2 Å². The van der Waals surface area contributed by atoms with Crippen LogP contribution < -0.4 is 10.6 Å². The minimum absolute atomic E-state index is 0.0257. The SMILES string of the molecule is CC(Cn1ccnc1)NC(=O)C1NCC2CCCC21. The summed E-state index contributed by atoms with van der Waals surface area (Å²) >= 11 is 0. The Morgan fingerprint density at radius 2 is 2.47 bits per heavy atom. The van der Waals surface area contributed by atoms with Crippen LogP contribution >= 0.6 is 0 Å².